The van der Waals surface area contributed by atoms with Crippen LogP contribution in [0, 0.1) is 0 Å². The van der Waals surface area contributed by atoms with Gasteiger partial charge in [0.1, 0.15) is 0 Å². The van der Waals surface area contributed by atoms with Crippen molar-refractivity contribution in [1.82, 2.24) is 10.2 Å². The lowest BCUT2D eigenvalue weighted by Gasteiger charge is -2.38. The molecule has 8 rings (SSSR count). The summed E-state index contributed by atoms with van der Waals surface area (Å²) in [5.74, 6) is -0.0806. The number of fused-ring (bicyclic) bond motifs is 7. The van der Waals surface area contributed by atoms with Crippen molar-refractivity contribution < 1.29 is 4.79 Å². The molecule has 3 heteroatoms. The molecule has 0 unspecified atom stereocenters. The van der Waals surface area contributed by atoms with Gasteiger partial charge >= 0.3 is 0 Å². The van der Waals surface area contributed by atoms with E-state index in [-0.39, 0.29) is 18.0 Å². The van der Waals surface area contributed by atoms with E-state index in [2.05, 4.69) is 138 Å². The molecule has 1 aliphatic rings. The first-order valence-corrected chi connectivity index (χ1v) is 16.0. The highest BCUT2D eigenvalue weighted by Gasteiger charge is 2.35. The molecule has 46 heavy (non-hydrogen) atoms. The zero-order valence-electron chi connectivity index (χ0n) is 25.5. The fourth-order valence-electron chi connectivity index (χ4n) is 7.26. The highest BCUT2D eigenvalue weighted by atomic mass is 16.1. The topological polar surface area (TPSA) is 32.3 Å². The Labute approximate surface area is 269 Å². The lowest BCUT2D eigenvalue weighted by atomic mass is 9.88. The molecule has 0 fully saturated rings. The highest BCUT2D eigenvalue weighted by molar-refractivity contribution is 6.08. The zero-order chi connectivity index (χ0) is 30.9. The normalized spacial score (nSPS) is 14.2. The lowest BCUT2D eigenvalue weighted by molar-refractivity contribution is 0.0867. The first-order chi connectivity index (χ1) is 22.7. The molecule has 7 aromatic rings. The van der Waals surface area contributed by atoms with Gasteiger partial charge in [-0.15, -0.1) is 0 Å². The maximum absolute atomic E-state index is 13.9. The van der Waals surface area contributed by atoms with Crippen LogP contribution in [0.15, 0.2) is 164 Å². The van der Waals surface area contributed by atoms with E-state index in [9.17, 15) is 4.79 Å². The van der Waals surface area contributed by atoms with Crippen LogP contribution in [0.2, 0.25) is 0 Å². The largest absolute Gasteiger partial charge is 0.343 e. The SMILES string of the molecule is O=C(N[C@H](c1ccccc1)[C@@H](c1ccccc1)N1Cc2ccc3ccccc3c2-c2c(ccc3ccccc23)C1)c1ccccc1. The van der Waals surface area contributed by atoms with E-state index in [1.165, 1.54) is 43.8 Å². The summed E-state index contributed by atoms with van der Waals surface area (Å²) in [6, 6.07) is 56.8. The van der Waals surface area contributed by atoms with Crippen molar-refractivity contribution in [2.75, 3.05) is 0 Å². The minimum atomic E-state index is -0.304. The Morgan fingerprint density at radius 1 is 0.500 bits per heavy atom. The molecule has 0 aromatic heterocycles. The minimum Gasteiger partial charge on any atom is -0.343 e. The summed E-state index contributed by atoms with van der Waals surface area (Å²) in [6.45, 7) is 1.46. The maximum atomic E-state index is 13.9. The Balaban J connectivity index is 1.34. The molecule has 7 aromatic carbocycles. The highest BCUT2D eigenvalue weighted by Crippen LogP contribution is 2.45. The molecule has 0 spiro atoms. The quantitative estimate of drug-likeness (QED) is 0.208. The van der Waals surface area contributed by atoms with Gasteiger partial charge < -0.3 is 5.32 Å². The summed E-state index contributed by atoms with van der Waals surface area (Å²) in [5, 5.41) is 8.52. The van der Waals surface area contributed by atoms with Crippen LogP contribution in [-0.4, -0.2) is 10.8 Å². The summed E-state index contributed by atoms with van der Waals surface area (Å²) in [7, 11) is 0. The smallest absolute Gasteiger partial charge is 0.251 e. The number of hydrogen-bond acceptors (Lipinski definition) is 2. The summed E-state index contributed by atoms with van der Waals surface area (Å²) in [4.78, 5) is 16.4. The van der Waals surface area contributed by atoms with E-state index < -0.39 is 0 Å². The van der Waals surface area contributed by atoms with Crippen LogP contribution in [0.25, 0.3) is 32.7 Å². The number of nitrogens with zero attached hydrogens (tertiary/aromatic N) is 1. The maximum Gasteiger partial charge on any atom is 0.251 e. The van der Waals surface area contributed by atoms with Crippen molar-refractivity contribution in [3.8, 4) is 11.1 Å². The molecule has 1 N–H and O–H groups in total. The van der Waals surface area contributed by atoms with Crippen molar-refractivity contribution in [3.05, 3.63) is 192 Å². The zero-order valence-corrected chi connectivity index (χ0v) is 25.5. The van der Waals surface area contributed by atoms with Crippen LogP contribution in [0.3, 0.4) is 0 Å². The number of nitrogens with one attached hydrogen (secondary N) is 1. The molecule has 0 bridgehead atoms. The van der Waals surface area contributed by atoms with Gasteiger partial charge in [0.2, 0.25) is 0 Å². The fraction of sp³-hybridized carbons (Fsp3) is 0.0930. The second-order valence-electron chi connectivity index (χ2n) is 12.1. The van der Waals surface area contributed by atoms with Gasteiger partial charge in [0.15, 0.2) is 0 Å². The number of carbonyl (C=O) groups is 1. The van der Waals surface area contributed by atoms with Crippen LogP contribution in [0.1, 0.15) is 44.7 Å². The van der Waals surface area contributed by atoms with Crippen molar-refractivity contribution in [2.45, 2.75) is 25.2 Å². The number of amides is 1. The number of hydrogen-bond donors (Lipinski definition) is 1. The van der Waals surface area contributed by atoms with Crippen molar-refractivity contribution in [2.24, 2.45) is 0 Å². The van der Waals surface area contributed by atoms with E-state index in [1.807, 2.05) is 36.4 Å². The molecular weight excluding hydrogens is 560 g/mol. The third-order valence-corrected chi connectivity index (χ3v) is 9.36. The van der Waals surface area contributed by atoms with E-state index in [1.54, 1.807) is 0 Å². The number of carbonyl (C=O) groups excluding carboxylic acids is 1. The number of rotatable bonds is 6. The Kier molecular flexibility index (Phi) is 7.37. The van der Waals surface area contributed by atoms with Gasteiger partial charge in [-0.3, -0.25) is 9.69 Å². The van der Waals surface area contributed by atoms with E-state index in [0.717, 1.165) is 24.2 Å². The van der Waals surface area contributed by atoms with Gasteiger partial charge in [-0.05, 0) is 67.1 Å². The standard InChI is InChI=1S/C43H34N2O/c46-43(34-20-8-3-9-21-34)44-41(32-16-4-1-5-17-32)42(33-18-6-2-7-19-33)45-28-35-26-24-30-14-10-12-22-37(30)39(35)40-36(29-45)27-25-31-15-11-13-23-38(31)40/h1-27,41-42H,28-29H2,(H,44,46)/t41-,42-/m1/s1. The first-order valence-electron chi connectivity index (χ1n) is 16.0. The summed E-state index contributed by atoms with van der Waals surface area (Å²) >= 11 is 0. The van der Waals surface area contributed by atoms with Crippen LogP contribution < -0.4 is 5.32 Å². The van der Waals surface area contributed by atoms with Gasteiger partial charge in [-0.25, -0.2) is 0 Å². The van der Waals surface area contributed by atoms with Gasteiger partial charge in [0, 0.05) is 18.7 Å². The fourth-order valence-corrected chi connectivity index (χ4v) is 7.26. The average molecular weight is 595 g/mol. The van der Waals surface area contributed by atoms with Crippen molar-refractivity contribution in [3.63, 3.8) is 0 Å². The minimum absolute atomic E-state index is 0.0806. The second-order valence-corrected chi connectivity index (χ2v) is 12.1. The summed E-state index contributed by atoms with van der Waals surface area (Å²) in [5.41, 5.74) is 8.08. The van der Waals surface area contributed by atoms with E-state index in [0.29, 0.717) is 5.56 Å². The third kappa shape index (κ3) is 5.15. The number of benzene rings is 7. The van der Waals surface area contributed by atoms with Crippen LogP contribution in [0.4, 0.5) is 0 Å². The molecule has 1 aliphatic heterocycles. The first kappa shape index (κ1) is 28.0. The molecule has 0 saturated carbocycles. The molecule has 0 saturated heterocycles. The molecule has 1 heterocycles. The van der Waals surface area contributed by atoms with Gasteiger partial charge in [0.05, 0.1) is 12.1 Å². The third-order valence-electron chi connectivity index (χ3n) is 9.36. The molecule has 3 nitrogen and oxygen atoms in total. The van der Waals surface area contributed by atoms with Crippen LogP contribution in [-0.2, 0) is 13.1 Å². The Hall–Kier alpha value is -5.51. The van der Waals surface area contributed by atoms with Gasteiger partial charge in [-0.2, -0.15) is 0 Å². The summed E-state index contributed by atoms with van der Waals surface area (Å²) < 4.78 is 0. The molecule has 1 amide bonds. The lowest BCUT2D eigenvalue weighted by Crippen LogP contribution is -2.40. The second kappa shape index (κ2) is 12.1. The van der Waals surface area contributed by atoms with Gasteiger partial charge in [0.25, 0.3) is 5.91 Å². The Morgan fingerprint density at radius 2 is 0.957 bits per heavy atom. The molecule has 0 aliphatic carbocycles. The van der Waals surface area contributed by atoms with Gasteiger partial charge in [-0.1, -0.05) is 152 Å². The van der Waals surface area contributed by atoms with Crippen LogP contribution in [0.5, 0.6) is 0 Å². The predicted octanol–water partition coefficient (Wildman–Crippen LogP) is 9.89. The van der Waals surface area contributed by atoms with E-state index >= 15 is 0 Å². The molecule has 2 atom stereocenters. The summed E-state index contributed by atoms with van der Waals surface area (Å²) in [6.07, 6.45) is 0. The molecule has 0 radical (unpaired) electrons. The average Bonchev–Trinajstić information content (AvgIpc) is 3.30. The predicted molar refractivity (Wildman–Crippen MR) is 188 cm³/mol. The monoisotopic (exact) mass is 594 g/mol. The Morgan fingerprint density at radius 3 is 1.50 bits per heavy atom. The van der Waals surface area contributed by atoms with E-state index in [4.69, 9.17) is 0 Å². The van der Waals surface area contributed by atoms with Crippen molar-refractivity contribution >= 4 is 27.5 Å². The molecule has 222 valence electrons. The van der Waals surface area contributed by atoms with Crippen molar-refractivity contribution in [1.29, 1.82) is 0 Å². The molecular formula is C43H34N2O. The van der Waals surface area contributed by atoms with Crippen LogP contribution >= 0.6 is 0 Å². The Bertz CT molecular complexity index is 2070.